The number of hydrogen-bond acceptors (Lipinski definition) is 5. The van der Waals surface area contributed by atoms with Gasteiger partial charge >= 0.3 is 0 Å². The lowest BCUT2D eigenvalue weighted by atomic mass is 9.83. The van der Waals surface area contributed by atoms with Crippen LogP contribution in [0, 0.1) is 12.8 Å². The maximum atomic E-state index is 12.7. The van der Waals surface area contributed by atoms with Gasteiger partial charge in [-0.1, -0.05) is 18.6 Å². The Kier molecular flexibility index (Phi) is 6.49. The van der Waals surface area contributed by atoms with Gasteiger partial charge in [0.2, 0.25) is 5.91 Å². The number of aromatic nitrogens is 2. The van der Waals surface area contributed by atoms with Crippen molar-refractivity contribution < 1.29 is 14.3 Å². The van der Waals surface area contributed by atoms with Gasteiger partial charge in [-0.25, -0.2) is 9.97 Å². The number of rotatable bonds is 6. The van der Waals surface area contributed by atoms with Crippen molar-refractivity contribution in [2.24, 2.45) is 5.92 Å². The number of ether oxygens (including phenoxy) is 1. The van der Waals surface area contributed by atoms with Crippen molar-refractivity contribution in [1.82, 2.24) is 20.2 Å². The summed E-state index contributed by atoms with van der Waals surface area (Å²) in [5.74, 6) is 1.93. The van der Waals surface area contributed by atoms with Crippen LogP contribution in [0.15, 0.2) is 30.5 Å². The smallest absolute Gasteiger partial charge is 0.254 e. The third-order valence-electron chi connectivity index (χ3n) is 6.38. The molecule has 0 bridgehead atoms. The molecule has 2 heterocycles. The van der Waals surface area contributed by atoms with Crippen LogP contribution in [0.3, 0.4) is 0 Å². The molecule has 0 unspecified atom stereocenters. The Labute approximate surface area is 183 Å². The second-order valence-corrected chi connectivity index (χ2v) is 8.51. The zero-order chi connectivity index (χ0) is 21.8. The van der Waals surface area contributed by atoms with E-state index in [-0.39, 0.29) is 17.7 Å². The Morgan fingerprint density at radius 1 is 1.23 bits per heavy atom. The van der Waals surface area contributed by atoms with Gasteiger partial charge in [-0.05, 0) is 50.3 Å². The molecule has 1 saturated carbocycles. The molecule has 2 amide bonds. The number of benzene rings is 1. The lowest BCUT2D eigenvalue weighted by Crippen LogP contribution is -2.44. The van der Waals surface area contributed by atoms with Gasteiger partial charge in [0.15, 0.2) is 0 Å². The SMILES string of the molecule is COc1cccc(CNC(=O)c2cnc([C@@H]3CCCN(C(=O)C4CCC4)C3)nc2C)c1. The average Bonchev–Trinajstić information content (AvgIpc) is 2.76. The molecule has 0 radical (unpaired) electrons. The van der Waals surface area contributed by atoms with E-state index in [1.807, 2.05) is 36.1 Å². The molecule has 4 rings (SSSR count). The number of methoxy groups -OCH3 is 1. The van der Waals surface area contributed by atoms with E-state index < -0.39 is 0 Å². The van der Waals surface area contributed by atoms with Gasteiger partial charge in [-0.15, -0.1) is 0 Å². The average molecular weight is 423 g/mol. The van der Waals surface area contributed by atoms with E-state index in [1.54, 1.807) is 13.3 Å². The Morgan fingerprint density at radius 2 is 2.06 bits per heavy atom. The molecule has 1 aliphatic carbocycles. The van der Waals surface area contributed by atoms with Gasteiger partial charge in [-0.2, -0.15) is 0 Å². The van der Waals surface area contributed by atoms with Crippen LogP contribution in [0.25, 0.3) is 0 Å². The number of carbonyl (C=O) groups excluding carboxylic acids is 2. The van der Waals surface area contributed by atoms with Crippen molar-refractivity contribution in [2.75, 3.05) is 20.2 Å². The summed E-state index contributed by atoms with van der Waals surface area (Å²) in [6.45, 7) is 3.75. The van der Waals surface area contributed by atoms with Crippen molar-refractivity contribution in [3.05, 3.63) is 53.1 Å². The van der Waals surface area contributed by atoms with Gasteiger partial charge in [0, 0.05) is 37.7 Å². The lowest BCUT2D eigenvalue weighted by molar-refractivity contribution is -0.139. The van der Waals surface area contributed by atoms with E-state index in [0.29, 0.717) is 30.3 Å². The fraction of sp³-hybridized carbons (Fsp3) is 0.500. The molecule has 164 valence electrons. The Hall–Kier alpha value is -2.96. The third kappa shape index (κ3) is 4.86. The molecule has 7 nitrogen and oxygen atoms in total. The first-order valence-electron chi connectivity index (χ1n) is 11.1. The molecule has 2 aliphatic rings. The maximum absolute atomic E-state index is 12.7. The molecule has 7 heteroatoms. The minimum absolute atomic E-state index is 0.130. The number of nitrogens with one attached hydrogen (secondary N) is 1. The number of hydrogen-bond donors (Lipinski definition) is 1. The van der Waals surface area contributed by atoms with E-state index in [1.165, 1.54) is 0 Å². The molecule has 1 aliphatic heterocycles. The Bertz CT molecular complexity index is 958. The van der Waals surface area contributed by atoms with Crippen molar-refractivity contribution in [3.63, 3.8) is 0 Å². The number of likely N-dealkylation sites (tertiary alicyclic amines) is 1. The van der Waals surface area contributed by atoms with Crippen LogP contribution < -0.4 is 10.1 Å². The van der Waals surface area contributed by atoms with Crippen LogP contribution in [0.1, 0.15) is 65.5 Å². The summed E-state index contributed by atoms with van der Waals surface area (Å²) in [7, 11) is 1.62. The standard InChI is InChI=1S/C24H30N4O3/c1-16-21(23(29)26-13-17-6-3-10-20(12-17)31-2)14-25-22(27-16)19-9-5-11-28(15-19)24(30)18-7-4-8-18/h3,6,10,12,14,18-19H,4-5,7-9,11,13,15H2,1-2H3,(H,26,29)/t19-/m1/s1. The predicted octanol–water partition coefficient (Wildman–Crippen LogP) is 3.23. The zero-order valence-electron chi connectivity index (χ0n) is 18.3. The Balaban J connectivity index is 1.38. The van der Waals surface area contributed by atoms with E-state index in [0.717, 1.165) is 55.8 Å². The summed E-state index contributed by atoms with van der Waals surface area (Å²) >= 11 is 0. The fourth-order valence-corrected chi connectivity index (χ4v) is 4.27. The lowest BCUT2D eigenvalue weighted by Gasteiger charge is -2.36. The molecule has 0 spiro atoms. The third-order valence-corrected chi connectivity index (χ3v) is 6.38. The summed E-state index contributed by atoms with van der Waals surface area (Å²) in [5.41, 5.74) is 2.10. The van der Waals surface area contributed by atoms with Crippen molar-refractivity contribution in [3.8, 4) is 5.75 Å². The first-order chi connectivity index (χ1) is 15.0. The maximum Gasteiger partial charge on any atom is 0.254 e. The number of amides is 2. The molecule has 1 N–H and O–H groups in total. The molecule has 31 heavy (non-hydrogen) atoms. The van der Waals surface area contributed by atoms with Crippen molar-refractivity contribution >= 4 is 11.8 Å². The highest BCUT2D eigenvalue weighted by molar-refractivity contribution is 5.94. The van der Waals surface area contributed by atoms with E-state index >= 15 is 0 Å². The largest absolute Gasteiger partial charge is 0.497 e. The summed E-state index contributed by atoms with van der Waals surface area (Å²) in [4.78, 5) is 36.4. The van der Waals surface area contributed by atoms with Crippen LogP contribution in [-0.4, -0.2) is 46.9 Å². The highest BCUT2D eigenvalue weighted by Crippen LogP contribution is 2.32. The topological polar surface area (TPSA) is 84.4 Å². The molecule has 1 atom stereocenters. The quantitative estimate of drug-likeness (QED) is 0.773. The van der Waals surface area contributed by atoms with Crippen LogP contribution in [0.2, 0.25) is 0 Å². The number of aryl methyl sites for hydroxylation is 1. The first kappa shape index (κ1) is 21.3. The van der Waals surface area contributed by atoms with Gasteiger partial charge in [0.1, 0.15) is 11.6 Å². The van der Waals surface area contributed by atoms with Crippen LogP contribution in [0.5, 0.6) is 5.75 Å². The number of nitrogens with zero attached hydrogens (tertiary/aromatic N) is 3. The summed E-state index contributed by atoms with van der Waals surface area (Å²) in [6.07, 6.45) is 6.76. The highest BCUT2D eigenvalue weighted by atomic mass is 16.5. The minimum Gasteiger partial charge on any atom is -0.497 e. The highest BCUT2D eigenvalue weighted by Gasteiger charge is 2.33. The van der Waals surface area contributed by atoms with Gasteiger partial charge in [0.25, 0.3) is 5.91 Å². The van der Waals surface area contributed by atoms with Gasteiger partial charge in [-0.3, -0.25) is 9.59 Å². The predicted molar refractivity (Wildman–Crippen MR) is 117 cm³/mol. The second-order valence-electron chi connectivity index (χ2n) is 8.51. The normalized spacial score (nSPS) is 18.9. The molecular weight excluding hydrogens is 392 g/mol. The zero-order valence-corrected chi connectivity index (χ0v) is 18.3. The van der Waals surface area contributed by atoms with Crippen molar-refractivity contribution in [2.45, 2.75) is 51.5 Å². The first-order valence-corrected chi connectivity index (χ1v) is 11.1. The van der Waals surface area contributed by atoms with E-state index in [4.69, 9.17) is 4.74 Å². The number of piperidine rings is 1. The molecule has 2 fully saturated rings. The summed E-state index contributed by atoms with van der Waals surface area (Å²) < 4.78 is 5.22. The fourth-order valence-electron chi connectivity index (χ4n) is 4.27. The molecular formula is C24H30N4O3. The second kappa shape index (κ2) is 9.45. The van der Waals surface area contributed by atoms with Crippen LogP contribution in [0.4, 0.5) is 0 Å². The molecule has 1 saturated heterocycles. The number of carbonyl (C=O) groups is 2. The van der Waals surface area contributed by atoms with Crippen molar-refractivity contribution in [1.29, 1.82) is 0 Å². The molecule has 2 aromatic rings. The Morgan fingerprint density at radius 3 is 2.77 bits per heavy atom. The van der Waals surface area contributed by atoms with E-state index in [9.17, 15) is 9.59 Å². The summed E-state index contributed by atoms with van der Waals surface area (Å²) in [6, 6.07) is 7.60. The molecule has 1 aromatic carbocycles. The van der Waals surface area contributed by atoms with Crippen LogP contribution in [-0.2, 0) is 11.3 Å². The van der Waals surface area contributed by atoms with Gasteiger partial charge in [0.05, 0.1) is 18.4 Å². The minimum atomic E-state index is -0.197. The van der Waals surface area contributed by atoms with E-state index in [2.05, 4.69) is 15.3 Å². The molecule has 1 aromatic heterocycles. The van der Waals surface area contributed by atoms with Crippen LogP contribution >= 0.6 is 0 Å². The summed E-state index contributed by atoms with van der Waals surface area (Å²) in [5, 5.41) is 2.93. The monoisotopic (exact) mass is 422 g/mol. The van der Waals surface area contributed by atoms with Gasteiger partial charge < -0.3 is 15.0 Å².